The van der Waals surface area contributed by atoms with E-state index >= 15 is 0 Å². The molecule has 1 aliphatic heterocycles. The first-order valence-corrected chi connectivity index (χ1v) is 7.40. The molecule has 0 unspecified atom stereocenters. The summed E-state index contributed by atoms with van der Waals surface area (Å²) in [6, 6.07) is 6.20. The van der Waals surface area contributed by atoms with Gasteiger partial charge >= 0.3 is 0 Å². The molecule has 1 aliphatic carbocycles. The van der Waals surface area contributed by atoms with E-state index in [4.69, 9.17) is 15.2 Å². The minimum atomic E-state index is -0.179. The molecule has 3 heteroatoms. The molecule has 1 fully saturated rings. The summed E-state index contributed by atoms with van der Waals surface area (Å²) in [7, 11) is 0. The van der Waals surface area contributed by atoms with Gasteiger partial charge in [-0.15, -0.1) is 0 Å². The lowest BCUT2D eigenvalue weighted by Gasteiger charge is -2.38. The lowest BCUT2D eigenvalue weighted by Crippen LogP contribution is -2.40. The second-order valence-corrected chi connectivity index (χ2v) is 5.87. The smallest absolute Gasteiger partial charge is 0.161 e. The summed E-state index contributed by atoms with van der Waals surface area (Å²) in [5.74, 6) is 2.56. The molecular weight excluding hydrogens is 238 g/mol. The van der Waals surface area contributed by atoms with E-state index in [2.05, 4.69) is 19.1 Å². The standard InChI is InChI=1S/C16H23NO2/c1-2-12-5-7-16(17,8-6-12)13-3-4-14-15(11-13)19-10-9-18-14/h3-4,11-12H,2,5-10,17H2,1H3. The van der Waals surface area contributed by atoms with Gasteiger partial charge in [0.25, 0.3) is 0 Å². The number of benzene rings is 1. The highest BCUT2D eigenvalue weighted by Crippen LogP contribution is 2.41. The topological polar surface area (TPSA) is 44.5 Å². The second-order valence-electron chi connectivity index (χ2n) is 5.87. The van der Waals surface area contributed by atoms with Crippen molar-refractivity contribution in [2.75, 3.05) is 13.2 Å². The molecule has 0 aromatic heterocycles. The monoisotopic (exact) mass is 261 g/mol. The van der Waals surface area contributed by atoms with Gasteiger partial charge in [0.2, 0.25) is 0 Å². The average Bonchev–Trinajstić information content (AvgIpc) is 2.47. The number of ether oxygens (including phenoxy) is 2. The maximum Gasteiger partial charge on any atom is 0.161 e. The van der Waals surface area contributed by atoms with Crippen molar-refractivity contribution in [2.45, 2.75) is 44.6 Å². The van der Waals surface area contributed by atoms with Crippen LogP contribution in [-0.2, 0) is 5.54 Å². The van der Waals surface area contributed by atoms with Crippen LogP contribution in [0.2, 0.25) is 0 Å². The highest BCUT2D eigenvalue weighted by atomic mass is 16.6. The molecule has 0 radical (unpaired) electrons. The van der Waals surface area contributed by atoms with Crippen LogP contribution in [0.4, 0.5) is 0 Å². The Balaban J connectivity index is 1.81. The highest BCUT2D eigenvalue weighted by Gasteiger charge is 2.33. The molecule has 0 saturated heterocycles. The fraction of sp³-hybridized carbons (Fsp3) is 0.625. The van der Waals surface area contributed by atoms with Crippen molar-refractivity contribution in [2.24, 2.45) is 11.7 Å². The number of fused-ring (bicyclic) bond motifs is 1. The molecule has 0 bridgehead atoms. The van der Waals surface area contributed by atoms with Gasteiger partial charge in [0.05, 0.1) is 0 Å². The van der Waals surface area contributed by atoms with E-state index in [1.54, 1.807) is 0 Å². The third kappa shape index (κ3) is 2.44. The maximum atomic E-state index is 6.63. The van der Waals surface area contributed by atoms with Gasteiger partial charge in [0.1, 0.15) is 13.2 Å². The van der Waals surface area contributed by atoms with Crippen molar-refractivity contribution in [1.29, 1.82) is 0 Å². The summed E-state index contributed by atoms with van der Waals surface area (Å²) in [5, 5.41) is 0. The quantitative estimate of drug-likeness (QED) is 0.889. The molecule has 3 rings (SSSR count). The van der Waals surface area contributed by atoms with Crippen LogP contribution in [0.15, 0.2) is 18.2 Å². The van der Waals surface area contributed by atoms with Gasteiger partial charge in [-0.05, 0) is 49.3 Å². The van der Waals surface area contributed by atoms with Gasteiger partial charge < -0.3 is 15.2 Å². The SMILES string of the molecule is CCC1CCC(N)(c2ccc3c(c2)OCCO3)CC1. The third-order valence-electron chi connectivity index (χ3n) is 4.69. The summed E-state index contributed by atoms with van der Waals surface area (Å²) in [4.78, 5) is 0. The molecule has 1 heterocycles. The maximum absolute atomic E-state index is 6.63. The Bertz CT molecular complexity index is 450. The highest BCUT2D eigenvalue weighted by molar-refractivity contribution is 5.45. The van der Waals surface area contributed by atoms with Crippen LogP contribution in [0.1, 0.15) is 44.6 Å². The average molecular weight is 261 g/mol. The summed E-state index contributed by atoms with van der Waals surface area (Å²) in [5.41, 5.74) is 7.66. The minimum Gasteiger partial charge on any atom is -0.486 e. The Morgan fingerprint density at radius 2 is 1.84 bits per heavy atom. The van der Waals surface area contributed by atoms with Gasteiger partial charge in [0.15, 0.2) is 11.5 Å². The fourth-order valence-electron chi connectivity index (χ4n) is 3.24. The molecule has 2 aliphatic rings. The molecule has 0 amide bonds. The molecule has 1 aromatic carbocycles. The molecule has 0 spiro atoms. The zero-order valence-electron chi connectivity index (χ0n) is 11.7. The van der Waals surface area contributed by atoms with Crippen molar-refractivity contribution in [3.8, 4) is 11.5 Å². The Morgan fingerprint density at radius 1 is 1.16 bits per heavy atom. The zero-order valence-corrected chi connectivity index (χ0v) is 11.7. The predicted octanol–water partition coefficient (Wildman–Crippen LogP) is 3.21. The van der Waals surface area contributed by atoms with Crippen LogP contribution in [0.5, 0.6) is 11.5 Å². The molecule has 0 atom stereocenters. The first kappa shape index (κ1) is 12.8. The molecule has 19 heavy (non-hydrogen) atoms. The van der Waals surface area contributed by atoms with Gasteiger partial charge in [-0.3, -0.25) is 0 Å². The summed E-state index contributed by atoms with van der Waals surface area (Å²) >= 11 is 0. The summed E-state index contributed by atoms with van der Waals surface area (Å²) < 4.78 is 11.2. The lowest BCUT2D eigenvalue weighted by molar-refractivity contribution is 0.170. The van der Waals surface area contributed by atoms with Crippen LogP contribution in [0.25, 0.3) is 0 Å². The largest absolute Gasteiger partial charge is 0.486 e. The Morgan fingerprint density at radius 3 is 2.53 bits per heavy atom. The summed E-state index contributed by atoms with van der Waals surface area (Å²) in [6.45, 7) is 3.54. The Hall–Kier alpha value is -1.22. The number of rotatable bonds is 2. The molecular formula is C16H23NO2. The first-order valence-electron chi connectivity index (χ1n) is 7.40. The van der Waals surface area contributed by atoms with E-state index in [1.165, 1.54) is 24.8 Å². The van der Waals surface area contributed by atoms with E-state index in [0.29, 0.717) is 13.2 Å². The van der Waals surface area contributed by atoms with Crippen molar-refractivity contribution in [1.82, 2.24) is 0 Å². The van der Waals surface area contributed by atoms with Crippen LogP contribution in [0, 0.1) is 5.92 Å². The number of hydrogen-bond donors (Lipinski definition) is 1. The van der Waals surface area contributed by atoms with Crippen LogP contribution >= 0.6 is 0 Å². The van der Waals surface area contributed by atoms with Gasteiger partial charge in [0, 0.05) is 5.54 Å². The van der Waals surface area contributed by atoms with Crippen molar-refractivity contribution in [3.63, 3.8) is 0 Å². The minimum absolute atomic E-state index is 0.179. The Labute approximate surface area is 115 Å². The van der Waals surface area contributed by atoms with Crippen LogP contribution in [0.3, 0.4) is 0 Å². The van der Waals surface area contributed by atoms with Gasteiger partial charge in [-0.2, -0.15) is 0 Å². The Kier molecular flexibility index (Phi) is 3.40. The predicted molar refractivity (Wildman–Crippen MR) is 75.5 cm³/mol. The van der Waals surface area contributed by atoms with Crippen molar-refractivity contribution < 1.29 is 9.47 Å². The van der Waals surface area contributed by atoms with E-state index in [0.717, 1.165) is 30.3 Å². The first-order chi connectivity index (χ1) is 9.21. The zero-order chi connectivity index (χ0) is 13.3. The van der Waals surface area contributed by atoms with E-state index in [1.807, 2.05) is 6.07 Å². The van der Waals surface area contributed by atoms with Crippen LogP contribution in [-0.4, -0.2) is 13.2 Å². The molecule has 1 saturated carbocycles. The van der Waals surface area contributed by atoms with Crippen molar-refractivity contribution >= 4 is 0 Å². The third-order valence-corrected chi connectivity index (χ3v) is 4.69. The van der Waals surface area contributed by atoms with Gasteiger partial charge in [-0.25, -0.2) is 0 Å². The van der Waals surface area contributed by atoms with Crippen LogP contribution < -0.4 is 15.2 Å². The molecule has 2 N–H and O–H groups in total. The lowest BCUT2D eigenvalue weighted by atomic mass is 9.73. The van der Waals surface area contributed by atoms with Crippen molar-refractivity contribution in [3.05, 3.63) is 23.8 Å². The van der Waals surface area contributed by atoms with E-state index in [-0.39, 0.29) is 5.54 Å². The van der Waals surface area contributed by atoms with E-state index < -0.39 is 0 Å². The second kappa shape index (κ2) is 5.04. The molecule has 104 valence electrons. The normalized spacial score (nSPS) is 30.1. The fourth-order valence-corrected chi connectivity index (χ4v) is 3.24. The van der Waals surface area contributed by atoms with E-state index in [9.17, 15) is 0 Å². The molecule has 3 nitrogen and oxygen atoms in total. The number of nitrogens with two attached hydrogens (primary N) is 1. The summed E-state index contributed by atoms with van der Waals surface area (Å²) in [6.07, 6.45) is 5.90. The number of hydrogen-bond acceptors (Lipinski definition) is 3. The van der Waals surface area contributed by atoms with Gasteiger partial charge in [-0.1, -0.05) is 19.4 Å². The molecule has 1 aromatic rings.